The minimum absolute atomic E-state index is 0. The first-order chi connectivity index (χ1) is 11.1. The highest BCUT2D eigenvalue weighted by Crippen LogP contribution is 2.20. The normalized spacial score (nSPS) is 12.3. The SMILES string of the molecule is CN=C(NCc1ccc(C)cc1OCCOC)NCC(C)SC.I. The number of nitrogens with zero attached hydrogens (tertiary/aromatic N) is 1. The van der Waals surface area contributed by atoms with Crippen molar-refractivity contribution in [3.05, 3.63) is 29.3 Å². The summed E-state index contributed by atoms with van der Waals surface area (Å²) in [7, 11) is 3.46. The van der Waals surface area contributed by atoms with Gasteiger partial charge in [0.05, 0.1) is 6.61 Å². The second-order valence-electron chi connectivity index (χ2n) is 5.31. The molecule has 0 spiro atoms. The van der Waals surface area contributed by atoms with Gasteiger partial charge in [0.2, 0.25) is 0 Å². The van der Waals surface area contributed by atoms with Crippen molar-refractivity contribution in [3.63, 3.8) is 0 Å². The van der Waals surface area contributed by atoms with Crippen molar-refractivity contribution in [2.75, 3.05) is 40.2 Å². The number of guanidine groups is 1. The van der Waals surface area contributed by atoms with Gasteiger partial charge in [0.25, 0.3) is 0 Å². The van der Waals surface area contributed by atoms with Gasteiger partial charge in [-0.15, -0.1) is 24.0 Å². The van der Waals surface area contributed by atoms with E-state index in [1.54, 1.807) is 14.2 Å². The van der Waals surface area contributed by atoms with E-state index < -0.39 is 0 Å². The Hall–Kier alpha value is -0.670. The Morgan fingerprint density at radius 3 is 2.67 bits per heavy atom. The maximum atomic E-state index is 5.81. The monoisotopic (exact) mass is 467 g/mol. The molecule has 24 heavy (non-hydrogen) atoms. The largest absolute Gasteiger partial charge is 0.491 e. The van der Waals surface area contributed by atoms with E-state index >= 15 is 0 Å². The molecule has 0 saturated heterocycles. The molecular weight excluding hydrogens is 437 g/mol. The summed E-state index contributed by atoms with van der Waals surface area (Å²) in [5, 5.41) is 7.21. The summed E-state index contributed by atoms with van der Waals surface area (Å²) in [5.41, 5.74) is 2.28. The van der Waals surface area contributed by atoms with Crippen molar-refractivity contribution in [2.45, 2.75) is 25.6 Å². The minimum atomic E-state index is 0. The van der Waals surface area contributed by atoms with Crippen LogP contribution in [0.25, 0.3) is 0 Å². The lowest BCUT2D eigenvalue weighted by molar-refractivity contribution is 0.145. The number of aliphatic imine (C=N–C) groups is 1. The fraction of sp³-hybridized carbons (Fsp3) is 0.588. The van der Waals surface area contributed by atoms with E-state index in [-0.39, 0.29) is 24.0 Å². The van der Waals surface area contributed by atoms with Crippen molar-refractivity contribution in [1.29, 1.82) is 0 Å². The second-order valence-corrected chi connectivity index (χ2v) is 6.58. The molecule has 2 N–H and O–H groups in total. The summed E-state index contributed by atoms with van der Waals surface area (Å²) in [6.07, 6.45) is 2.11. The molecule has 1 aromatic rings. The Labute approximate surface area is 167 Å². The zero-order chi connectivity index (χ0) is 17.1. The average molecular weight is 467 g/mol. The molecule has 0 radical (unpaired) electrons. The van der Waals surface area contributed by atoms with Gasteiger partial charge in [-0.2, -0.15) is 11.8 Å². The van der Waals surface area contributed by atoms with Gasteiger partial charge < -0.3 is 20.1 Å². The Morgan fingerprint density at radius 1 is 1.29 bits per heavy atom. The van der Waals surface area contributed by atoms with Gasteiger partial charge in [0, 0.05) is 38.1 Å². The lowest BCUT2D eigenvalue weighted by Crippen LogP contribution is -2.39. The number of thioether (sulfide) groups is 1. The van der Waals surface area contributed by atoms with E-state index in [9.17, 15) is 0 Å². The molecule has 0 aromatic heterocycles. The maximum absolute atomic E-state index is 5.81. The average Bonchev–Trinajstić information content (AvgIpc) is 2.56. The van der Waals surface area contributed by atoms with Gasteiger partial charge in [-0.3, -0.25) is 4.99 Å². The number of hydrogen-bond donors (Lipinski definition) is 2. The quantitative estimate of drug-likeness (QED) is 0.253. The third-order valence-corrected chi connectivity index (χ3v) is 4.37. The first kappa shape index (κ1) is 23.3. The van der Waals surface area contributed by atoms with Crippen molar-refractivity contribution in [1.82, 2.24) is 10.6 Å². The maximum Gasteiger partial charge on any atom is 0.191 e. The van der Waals surface area contributed by atoms with Gasteiger partial charge in [-0.1, -0.05) is 19.1 Å². The number of rotatable bonds is 9. The standard InChI is InChI=1S/C17H29N3O2S.HI/c1-13-6-7-15(16(10-13)22-9-8-21-4)12-20-17(18-3)19-11-14(2)23-5;/h6-7,10,14H,8-9,11-12H2,1-5H3,(H2,18,19,20);1H. The lowest BCUT2D eigenvalue weighted by Gasteiger charge is -2.16. The molecule has 7 heteroatoms. The Kier molecular flexibility index (Phi) is 13.2. The van der Waals surface area contributed by atoms with Crippen LogP contribution >= 0.6 is 35.7 Å². The van der Waals surface area contributed by atoms with Crippen LogP contribution in [0.2, 0.25) is 0 Å². The van der Waals surface area contributed by atoms with Crippen LogP contribution in [0.4, 0.5) is 0 Å². The van der Waals surface area contributed by atoms with Gasteiger partial charge in [0.15, 0.2) is 5.96 Å². The predicted octanol–water partition coefficient (Wildman–Crippen LogP) is 3.05. The van der Waals surface area contributed by atoms with E-state index in [4.69, 9.17) is 9.47 Å². The van der Waals surface area contributed by atoms with Gasteiger partial charge in [0.1, 0.15) is 12.4 Å². The second kappa shape index (κ2) is 13.6. The van der Waals surface area contributed by atoms with Crippen LogP contribution in [0, 0.1) is 6.92 Å². The zero-order valence-electron chi connectivity index (χ0n) is 15.2. The molecule has 0 aliphatic rings. The fourth-order valence-corrected chi connectivity index (χ4v) is 2.15. The molecule has 0 bridgehead atoms. The third-order valence-electron chi connectivity index (χ3n) is 3.40. The smallest absolute Gasteiger partial charge is 0.191 e. The molecule has 5 nitrogen and oxygen atoms in total. The number of benzene rings is 1. The van der Waals surface area contributed by atoms with Crippen molar-refractivity contribution in [3.8, 4) is 5.75 Å². The molecule has 0 aliphatic carbocycles. The predicted molar refractivity (Wildman–Crippen MR) is 115 cm³/mol. The van der Waals surface area contributed by atoms with Gasteiger partial charge in [-0.05, 0) is 24.8 Å². The van der Waals surface area contributed by atoms with Crippen LogP contribution < -0.4 is 15.4 Å². The number of aryl methyl sites for hydroxylation is 1. The molecule has 1 rings (SSSR count). The van der Waals surface area contributed by atoms with Crippen LogP contribution in [-0.4, -0.2) is 51.4 Å². The van der Waals surface area contributed by atoms with Crippen LogP contribution in [0.1, 0.15) is 18.1 Å². The third kappa shape index (κ3) is 8.98. The summed E-state index contributed by atoms with van der Waals surface area (Å²) in [6, 6.07) is 6.23. The topological polar surface area (TPSA) is 54.9 Å². The van der Waals surface area contributed by atoms with Crippen molar-refractivity contribution >= 4 is 41.7 Å². The van der Waals surface area contributed by atoms with Crippen molar-refractivity contribution < 1.29 is 9.47 Å². The molecule has 0 heterocycles. The first-order valence-corrected chi connectivity index (χ1v) is 9.08. The highest BCUT2D eigenvalue weighted by Gasteiger charge is 2.07. The summed E-state index contributed by atoms with van der Waals surface area (Å²) < 4.78 is 10.9. The highest BCUT2D eigenvalue weighted by atomic mass is 127. The van der Waals surface area contributed by atoms with Crippen LogP contribution in [0.3, 0.4) is 0 Å². The van der Waals surface area contributed by atoms with Crippen LogP contribution in [0.5, 0.6) is 5.75 Å². The number of ether oxygens (including phenoxy) is 2. The van der Waals surface area contributed by atoms with Crippen molar-refractivity contribution in [2.24, 2.45) is 4.99 Å². The lowest BCUT2D eigenvalue weighted by atomic mass is 10.1. The summed E-state index contributed by atoms with van der Waals surface area (Å²) >= 11 is 1.83. The number of nitrogens with one attached hydrogen (secondary N) is 2. The fourth-order valence-electron chi connectivity index (χ4n) is 1.90. The van der Waals surface area contributed by atoms with E-state index in [1.807, 2.05) is 11.8 Å². The molecule has 138 valence electrons. The number of halogens is 1. The van der Waals surface area contributed by atoms with E-state index in [2.05, 4.69) is 53.9 Å². The summed E-state index contributed by atoms with van der Waals surface area (Å²) in [4.78, 5) is 4.26. The molecule has 1 atom stereocenters. The molecule has 0 saturated carbocycles. The Bertz CT molecular complexity index is 501. The van der Waals surface area contributed by atoms with E-state index in [1.165, 1.54) is 5.56 Å². The Morgan fingerprint density at radius 2 is 2.04 bits per heavy atom. The first-order valence-electron chi connectivity index (χ1n) is 7.79. The number of methoxy groups -OCH3 is 1. The summed E-state index contributed by atoms with van der Waals surface area (Å²) in [6.45, 7) is 6.92. The Balaban J connectivity index is 0.00000529. The molecular formula is C17H30IN3O2S. The zero-order valence-corrected chi connectivity index (χ0v) is 18.4. The van der Waals surface area contributed by atoms with Gasteiger partial charge >= 0.3 is 0 Å². The van der Waals surface area contributed by atoms with E-state index in [0.29, 0.717) is 25.0 Å². The molecule has 0 fully saturated rings. The van der Waals surface area contributed by atoms with Crippen LogP contribution in [-0.2, 0) is 11.3 Å². The number of hydrogen-bond acceptors (Lipinski definition) is 4. The van der Waals surface area contributed by atoms with Gasteiger partial charge in [-0.25, -0.2) is 0 Å². The highest BCUT2D eigenvalue weighted by molar-refractivity contribution is 14.0. The minimum Gasteiger partial charge on any atom is -0.491 e. The summed E-state index contributed by atoms with van der Waals surface area (Å²) in [5.74, 6) is 1.69. The molecule has 1 unspecified atom stereocenters. The molecule has 0 aliphatic heterocycles. The molecule has 0 amide bonds. The van der Waals surface area contributed by atoms with Crippen LogP contribution in [0.15, 0.2) is 23.2 Å². The van der Waals surface area contributed by atoms with E-state index in [0.717, 1.165) is 23.8 Å². The molecule has 1 aromatic carbocycles.